The largest absolute Gasteiger partial charge is 0.465 e. The van der Waals surface area contributed by atoms with Crippen molar-refractivity contribution in [3.8, 4) is 5.19 Å². The molecule has 1 rings (SSSR count). The van der Waals surface area contributed by atoms with E-state index < -0.39 is 0 Å². The van der Waals surface area contributed by atoms with Gasteiger partial charge in [0, 0.05) is 6.54 Å². The van der Waals surface area contributed by atoms with E-state index in [1.165, 1.54) is 11.3 Å². The highest BCUT2D eigenvalue weighted by atomic mass is 32.1. The van der Waals surface area contributed by atoms with E-state index in [-0.39, 0.29) is 6.10 Å². The van der Waals surface area contributed by atoms with Gasteiger partial charge in [-0.15, -0.1) is 10.2 Å². The van der Waals surface area contributed by atoms with Crippen LogP contribution in [-0.4, -0.2) is 29.9 Å². The molecule has 0 fully saturated rings. The van der Waals surface area contributed by atoms with Crippen LogP contribution in [0.15, 0.2) is 5.51 Å². The van der Waals surface area contributed by atoms with Gasteiger partial charge >= 0.3 is 0 Å². The molecule has 1 aromatic rings. The van der Waals surface area contributed by atoms with Crippen molar-refractivity contribution < 1.29 is 4.74 Å². The van der Waals surface area contributed by atoms with Gasteiger partial charge in [-0.3, -0.25) is 0 Å². The van der Waals surface area contributed by atoms with E-state index in [2.05, 4.69) is 15.5 Å². The Labute approximate surface area is 69.6 Å². The molecule has 4 nitrogen and oxygen atoms in total. The first-order valence-corrected chi connectivity index (χ1v) is 4.28. The molecule has 0 radical (unpaired) electrons. The third kappa shape index (κ3) is 2.81. The van der Waals surface area contributed by atoms with Crippen LogP contribution in [0, 0.1) is 0 Å². The maximum absolute atomic E-state index is 5.38. The molecule has 0 saturated heterocycles. The summed E-state index contributed by atoms with van der Waals surface area (Å²) in [6.07, 6.45) is 0.146. The minimum Gasteiger partial charge on any atom is -0.465 e. The normalized spacial score (nSPS) is 12.9. The Morgan fingerprint density at radius 1 is 1.82 bits per heavy atom. The summed E-state index contributed by atoms with van der Waals surface area (Å²) < 4.78 is 5.38. The summed E-state index contributed by atoms with van der Waals surface area (Å²) in [7, 11) is 1.89. The van der Waals surface area contributed by atoms with E-state index in [1.54, 1.807) is 5.51 Å². The fourth-order valence-corrected chi connectivity index (χ4v) is 1.21. The van der Waals surface area contributed by atoms with Crippen molar-refractivity contribution in [2.45, 2.75) is 13.0 Å². The molecule has 0 aromatic carbocycles. The molecule has 0 bridgehead atoms. The third-order valence-corrected chi connectivity index (χ3v) is 1.71. The second-order valence-corrected chi connectivity index (χ2v) is 2.99. The average molecular weight is 173 g/mol. The van der Waals surface area contributed by atoms with Gasteiger partial charge in [-0.05, 0) is 14.0 Å². The average Bonchev–Trinajstić information content (AvgIpc) is 2.40. The molecule has 1 aromatic heterocycles. The van der Waals surface area contributed by atoms with Gasteiger partial charge in [-0.2, -0.15) is 0 Å². The van der Waals surface area contributed by atoms with Crippen LogP contribution < -0.4 is 10.1 Å². The van der Waals surface area contributed by atoms with Gasteiger partial charge in [0.15, 0.2) is 0 Å². The predicted molar refractivity (Wildman–Crippen MR) is 43.9 cm³/mol. The minimum absolute atomic E-state index is 0.146. The summed E-state index contributed by atoms with van der Waals surface area (Å²) in [5.41, 5.74) is 1.65. The van der Waals surface area contributed by atoms with Gasteiger partial charge in [-0.25, -0.2) is 0 Å². The Morgan fingerprint density at radius 2 is 2.64 bits per heavy atom. The second-order valence-electron chi connectivity index (χ2n) is 2.19. The monoisotopic (exact) mass is 173 g/mol. The zero-order valence-corrected chi connectivity index (χ0v) is 7.39. The van der Waals surface area contributed by atoms with Gasteiger partial charge in [0.25, 0.3) is 5.19 Å². The number of rotatable bonds is 4. The molecule has 0 aliphatic carbocycles. The van der Waals surface area contributed by atoms with E-state index >= 15 is 0 Å². The third-order valence-electron chi connectivity index (χ3n) is 1.13. The SMILES string of the molecule is CNCC(C)Oc1nncs1. The van der Waals surface area contributed by atoms with Gasteiger partial charge in [0.2, 0.25) is 0 Å². The zero-order valence-electron chi connectivity index (χ0n) is 6.57. The molecule has 0 amide bonds. The van der Waals surface area contributed by atoms with Gasteiger partial charge in [-0.1, -0.05) is 11.3 Å². The van der Waals surface area contributed by atoms with Crippen molar-refractivity contribution in [1.29, 1.82) is 0 Å². The lowest BCUT2D eigenvalue weighted by Gasteiger charge is -2.09. The number of aromatic nitrogens is 2. The van der Waals surface area contributed by atoms with Crippen LogP contribution in [0.3, 0.4) is 0 Å². The Morgan fingerprint density at radius 3 is 3.18 bits per heavy atom. The van der Waals surface area contributed by atoms with Crippen molar-refractivity contribution in [3.63, 3.8) is 0 Å². The van der Waals surface area contributed by atoms with Crippen LogP contribution in [0.1, 0.15) is 6.92 Å². The van der Waals surface area contributed by atoms with Crippen LogP contribution in [0.5, 0.6) is 5.19 Å². The molecule has 1 heterocycles. The zero-order chi connectivity index (χ0) is 8.10. The molecule has 1 atom stereocenters. The number of hydrogen-bond acceptors (Lipinski definition) is 5. The van der Waals surface area contributed by atoms with E-state index in [0.29, 0.717) is 5.19 Å². The highest BCUT2D eigenvalue weighted by Crippen LogP contribution is 2.12. The molecule has 1 N–H and O–H groups in total. The molecule has 62 valence electrons. The smallest absolute Gasteiger partial charge is 0.294 e. The summed E-state index contributed by atoms with van der Waals surface area (Å²) in [6, 6.07) is 0. The fraction of sp³-hybridized carbons (Fsp3) is 0.667. The Bertz CT molecular complexity index is 190. The Balaban J connectivity index is 2.31. The predicted octanol–water partition coefficient (Wildman–Crippen LogP) is 0.525. The molecular weight excluding hydrogens is 162 g/mol. The van der Waals surface area contributed by atoms with Crippen molar-refractivity contribution in [2.75, 3.05) is 13.6 Å². The molecule has 0 spiro atoms. The molecule has 11 heavy (non-hydrogen) atoms. The summed E-state index contributed by atoms with van der Waals surface area (Å²) >= 11 is 1.40. The molecule has 0 aliphatic rings. The maximum Gasteiger partial charge on any atom is 0.294 e. The summed E-state index contributed by atoms with van der Waals surface area (Å²) in [5, 5.41) is 11.1. The molecule has 5 heteroatoms. The lowest BCUT2D eigenvalue weighted by Crippen LogP contribution is -2.25. The number of ether oxygens (including phenoxy) is 1. The van der Waals surface area contributed by atoms with Crippen molar-refractivity contribution in [1.82, 2.24) is 15.5 Å². The number of likely N-dealkylation sites (N-methyl/N-ethyl adjacent to an activating group) is 1. The van der Waals surface area contributed by atoms with Crippen LogP contribution in [0.2, 0.25) is 0 Å². The number of nitrogens with one attached hydrogen (secondary N) is 1. The lowest BCUT2D eigenvalue weighted by atomic mass is 10.4. The van der Waals surface area contributed by atoms with Crippen LogP contribution in [0.25, 0.3) is 0 Å². The lowest BCUT2D eigenvalue weighted by molar-refractivity contribution is 0.218. The number of nitrogens with zero attached hydrogens (tertiary/aromatic N) is 2. The number of hydrogen-bond donors (Lipinski definition) is 1. The highest BCUT2D eigenvalue weighted by Gasteiger charge is 2.03. The Hall–Kier alpha value is -0.680. The summed E-state index contributed by atoms with van der Waals surface area (Å²) in [4.78, 5) is 0. The van der Waals surface area contributed by atoms with Crippen molar-refractivity contribution >= 4 is 11.3 Å². The fourth-order valence-electron chi connectivity index (χ4n) is 0.716. The highest BCUT2D eigenvalue weighted by molar-refractivity contribution is 7.11. The first-order chi connectivity index (χ1) is 5.33. The van der Waals surface area contributed by atoms with Gasteiger partial charge in [0.1, 0.15) is 11.6 Å². The van der Waals surface area contributed by atoms with Gasteiger partial charge < -0.3 is 10.1 Å². The van der Waals surface area contributed by atoms with Crippen molar-refractivity contribution in [2.24, 2.45) is 0 Å². The van der Waals surface area contributed by atoms with Crippen LogP contribution in [0.4, 0.5) is 0 Å². The Kier molecular flexibility index (Phi) is 3.25. The molecular formula is C6H11N3OS. The first-order valence-electron chi connectivity index (χ1n) is 3.40. The van der Waals surface area contributed by atoms with Crippen LogP contribution in [-0.2, 0) is 0 Å². The van der Waals surface area contributed by atoms with Gasteiger partial charge in [0.05, 0.1) is 0 Å². The quantitative estimate of drug-likeness (QED) is 0.721. The summed E-state index contributed by atoms with van der Waals surface area (Å²) in [6.45, 7) is 2.80. The van der Waals surface area contributed by atoms with Crippen molar-refractivity contribution in [3.05, 3.63) is 5.51 Å². The van der Waals surface area contributed by atoms with E-state index in [1.807, 2.05) is 14.0 Å². The molecule has 1 unspecified atom stereocenters. The first kappa shape index (κ1) is 8.42. The standard InChI is InChI=1S/C6H11N3OS/c1-5(3-7-2)10-6-9-8-4-11-6/h4-5,7H,3H2,1-2H3. The molecule has 0 aliphatic heterocycles. The van der Waals surface area contributed by atoms with E-state index in [9.17, 15) is 0 Å². The maximum atomic E-state index is 5.38. The topological polar surface area (TPSA) is 47.0 Å². The minimum atomic E-state index is 0.146. The summed E-state index contributed by atoms with van der Waals surface area (Å²) in [5.74, 6) is 0. The van der Waals surface area contributed by atoms with Crippen LogP contribution >= 0.6 is 11.3 Å². The second kappa shape index (κ2) is 4.25. The molecule has 0 saturated carbocycles. The van der Waals surface area contributed by atoms with E-state index in [0.717, 1.165) is 6.54 Å². The van der Waals surface area contributed by atoms with E-state index in [4.69, 9.17) is 4.74 Å².